The zero-order valence-electron chi connectivity index (χ0n) is 10.2. The van der Waals surface area contributed by atoms with Gasteiger partial charge in [0.15, 0.2) is 0 Å². The molecular weight excluding hydrogens is 202 g/mol. The Labute approximate surface area is 96.7 Å². The van der Waals surface area contributed by atoms with Crippen molar-refractivity contribution in [3.05, 3.63) is 29.3 Å². The summed E-state index contributed by atoms with van der Waals surface area (Å²) in [6.45, 7) is 7.28. The number of benzene rings is 1. The van der Waals surface area contributed by atoms with Crippen LogP contribution in [-0.4, -0.2) is 29.0 Å². The Balaban J connectivity index is 2.98. The first-order valence-electron chi connectivity index (χ1n) is 5.69. The highest BCUT2D eigenvalue weighted by Gasteiger charge is 2.16. The SMILES string of the molecule is CCCN(CC)C(=O)c1cc(C)ccc1O. The Kier molecular flexibility index (Phi) is 4.35. The van der Waals surface area contributed by atoms with E-state index >= 15 is 0 Å². The number of hydrogen-bond donors (Lipinski definition) is 1. The van der Waals surface area contributed by atoms with Gasteiger partial charge in [-0.2, -0.15) is 0 Å². The standard InChI is InChI=1S/C13H19NO2/c1-4-8-14(5-2)13(16)11-9-10(3)6-7-12(11)15/h6-7,9,15H,4-5,8H2,1-3H3. The van der Waals surface area contributed by atoms with Crippen molar-refractivity contribution in [1.82, 2.24) is 4.90 Å². The third-order valence-electron chi connectivity index (χ3n) is 2.54. The van der Waals surface area contributed by atoms with E-state index in [0.29, 0.717) is 12.1 Å². The van der Waals surface area contributed by atoms with Crippen LogP contribution in [0.4, 0.5) is 0 Å². The summed E-state index contributed by atoms with van der Waals surface area (Å²) in [5.41, 5.74) is 1.38. The molecule has 0 saturated carbocycles. The first-order chi connectivity index (χ1) is 7.60. The van der Waals surface area contributed by atoms with Crippen LogP contribution in [0.5, 0.6) is 5.75 Å². The molecule has 16 heavy (non-hydrogen) atoms. The Morgan fingerprint density at radius 3 is 2.62 bits per heavy atom. The number of phenols is 1. The fraction of sp³-hybridized carbons (Fsp3) is 0.462. The molecule has 0 aliphatic rings. The van der Waals surface area contributed by atoms with Gasteiger partial charge in [-0.25, -0.2) is 0 Å². The van der Waals surface area contributed by atoms with Crippen molar-refractivity contribution in [1.29, 1.82) is 0 Å². The van der Waals surface area contributed by atoms with Crippen molar-refractivity contribution in [3.63, 3.8) is 0 Å². The van der Waals surface area contributed by atoms with Gasteiger partial charge in [0.25, 0.3) is 5.91 Å². The van der Waals surface area contributed by atoms with Crippen molar-refractivity contribution < 1.29 is 9.90 Å². The van der Waals surface area contributed by atoms with Crippen LogP contribution in [0.3, 0.4) is 0 Å². The summed E-state index contributed by atoms with van der Waals surface area (Å²) >= 11 is 0. The number of carbonyl (C=O) groups is 1. The van der Waals surface area contributed by atoms with Crippen molar-refractivity contribution in [2.75, 3.05) is 13.1 Å². The lowest BCUT2D eigenvalue weighted by molar-refractivity contribution is 0.0761. The molecule has 0 aliphatic carbocycles. The van der Waals surface area contributed by atoms with E-state index in [1.807, 2.05) is 20.8 Å². The lowest BCUT2D eigenvalue weighted by atomic mass is 10.1. The predicted octanol–water partition coefficient (Wildman–Crippen LogP) is 2.57. The number of aryl methyl sites for hydroxylation is 1. The van der Waals surface area contributed by atoms with Gasteiger partial charge in [0.05, 0.1) is 5.56 Å². The smallest absolute Gasteiger partial charge is 0.257 e. The summed E-state index contributed by atoms with van der Waals surface area (Å²) in [5, 5.41) is 9.67. The molecule has 1 N–H and O–H groups in total. The Morgan fingerprint density at radius 1 is 1.38 bits per heavy atom. The summed E-state index contributed by atoms with van der Waals surface area (Å²) < 4.78 is 0. The normalized spacial score (nSPS) is 10.2. The van der Waals surface area contributed by atoms with Gasteiger partial charge in [0.2, 0.25) is 0 Å². The lowest BCUT2D eigenvalue weighted by Gasteiger charge is -2.20. The van der Waals surface area contributed by atoms with Crippen LogP contribution in [0.1, 0.15) is 36.2 Å². The fourth-order valence-electron chi connectivity index (χ4n) is 1.66. The molecular formula is C13H19NO2. The molecule has 0 aliphatic heterocycles. The summed E-state index contributed by atoms with van der Waals surface area (Å²) in [7, 11) is 0. The van der Waals surface area contributed by atoms with Crippen LogP contribution >= 0.6 is 0 Å². The number of hydrogen-bond acceptors (Lipinski definition) is 2. The van der Waals surface area contributed by atoms with E-state index in [4.69, 9.17) is 0 Å². The highest BCUT2D eigenvalue weighted by atomic mass is 16.3. The Hall–Kier alpha value is -1.51. The van der Waals surface area contributed by atoms with Crippen LogP contribution in [0.2, 0.25) is 0 Å². The van der Waals surface area contributed by atoms with Gasteiger partial charge in [-0.05, 0) is 32.4 Å². The number of rotatable bonds is 4. The molecule has 0 spiro atoms. The molecule has 0 fully saturated rings. The van der Waals surface area contributed by atoms with Gasteiger partial charge in [-0.3, -0.25) is 4.79 Å². The quantitative estimate of drug-likeness (QED) is 0.849. The van der Waals surface area contributed by atoms with Gasteiger partial charge >= 0.3 is 0 Å². The number of amides is 1. The summed E-state index contributed by atoms with van der Waals surface area (Å²) in [5.74, 6) is -0.0318. The molecule has 0 aromatic heterocycles. The summed E-state index contributed by atoms with van der Waals surface area (Å²) in [6, 6.07) is 5.10. The topological polar surface area (TPSA) is 40.5 Å². The van der Waals surface area contributed by atoms with Crippen molar-refractivity contribution >= 4 is 5.91 Å². The zero-order chi connectivity index (χ0) is 12.1. The summed E-state index contributed by atoms with van der Waals surface area (Å²) in [6.07, 6.45) is 0.923. The minimum absolute atomic E-state index is 0.0603. The molecule has 0 atom stereocenters. The zero-order valence-corrected chi connectivity index (χ0v) is 10.2. The maximum absolute atomic E-state index is 12.1. The van der Waals surface area contributed by atoms with Crippen molar-refractivity contribution in [2.24, 2.45) is 0 Å². The van der Waals surface area contributed by atoms with E-state index in [-0.39, 0.29) is 11.7 Å². The van der Waals surface area contributed by atoms with E-state index in [1.165, 1.54) is 0 Å². The largest absolute Gasteiger partial charge is 0.507 e. The minimum Gasteiger partial charge on any atom is -0.507 e. The van der Waals surface area contributed by atoms with Crippen molar-refractivity contribution in [2.45, 2.75) is 27.2 Å². The molecule has 1 rings (SSSR count). The Bertz CT molecular complexity index is 374. The van der Waals surface area contributed by atoms with Gasteiger partial charge in [0.1, 0.15) is 5.75 Å². The highest BCUT2D eigenvalue weighted by molar-refractivity contribution is 5.97. The third-order valence-corrected chi connectivity index (χ3v) is 2.54. The van der Waals surface area contributed by atoms with Gasteiger partial charge in [0, 0.05) is 13.1 Å². The molecule has 0 radical (unpaired) electrons. The molecule has 88 valence electrons. The molecule has 0 heterocycles. The second kappa shape index (κ2) is 5.54. The van der Waals surface area contributed by atoms with Crippen LogP contribution in [0, 0.1) is 6.92 Å². The predicted molar refractivity (Wildman–Crippen MR) is 64.7 cm³/mol. The van der Waals surface area contributed by atoms with Gasteiger partial charge < -0.3 is 10.0 Å². The molecule has 0 unspecified atom stereocenters. The average Bonchev–Trinajstić information content (AvgIpc) is 2.28. The minimum atomic E-state index is -0.0921. The van der Waals surface area contributed by atoms with Crippen molar-refractivity contribution in [3.8, 4) is 5.75 Å². The maximum atomic E-state index is 12.1. The molecule has 0 bridgehead atoms. The number of aromatic hydroxyl groups is 1. The van der Waals surface area contributed by atoms with Crippen LogP contribution < -0.4 is 0 Å². The number of phenolic OH excluding ortho intramolecular Hbond substituents is 1. The molecule has 0 saturated heterocycles. The second-order valence-electron chi connectivity index (χ2n) is 3.91. The van der Waals surface area contributed by atoms with Crippen LogP contribution in [-0.2, 0) is 0 Å². The average molecular weight is 221 g/mol. The van der Waals surface area contributed by atoms with E-state index in [9.17, 15) is 9.90 Å². The third kappa shape index (κ3) is 2.75. The van der Waals surface area contributed by atoms with Crippen LogP contribution in [0.15, 0.2) is 18.2 Å². The molecule has 3 nitrogen and oxygen atoms in total. The fourth-order valence-corrected chi connectivity index (χ4v) is 1.66. The van der Waals surface area contributed by atoms with Gasteiger partial charge in [-0.15, -0.1) is 0 Å². The van der Waals surface area contributed by atoms with Gasteiger partial charge in [-0.1, -0.05) is 18.6 Å². The first kappa shape index (κ1) is 12.6. The molecule has 1 amide bonds. The van der Waals surface area contributed by atoms with E-state index in [0.717, 1.165) is 18.5 Å². The monoisotopic (exact) mass is 221 g/mol. The molecule has 3 heteroatoms. The molecule has 1 aromatic carbocycles. The van der Waals surface area contributed by atoms with Crippen LogP contribution in [0.25, 0.3) is 0 Å². The molecule has 1 aromatic rings. The highest BCUT2D eigenvalue weighted by Crippen LogP contribution is 2.20. The van der Waals surface area contributed by atoms with E-state index in [2.05, 4.69) is 0 Å². The number of nitrogens with zero attached hydrogens (tertiary/aromatic N) is 1. The first-order valence-corrected chi connectivity index (χ1v) is 5.69. The van der Waals surface area contributed by atoms with E-state index in [1.54, 1.807) is 23.1 Å². The maximum Gasteiger partial charge on any atom is 0.257 e. The van der Waals surface area contributed by atoms with E-state index < -0.39 is 0 Å². The number of carbonyl (C=O) groups excluding carboxylic acids is 1. The Morgan fingerprint density at radius 2 is 2.06 bits per heavy atom. The second-order valence-corrected chi connectivity index (χ2v) is 3.91. The lowest BCUT2D eigenvalue weighted by Crippen LogP contribution is -2.31. The summed E-state index contributed by atoms with van der Waals surface area (Å²) in [4.78, 5) is 13.8.